The van der Waals surface area contributed by atoms with Crippen molar-refractivity contribution in [2.75, 3.05) is 16.6 Å². The summed E-state index contributed by atoms with van der Waals surface area (Å²) < 4.78 is 45.5. The Morgan fingerprint density at radius 1 is 1.03 bits per heavy atom. The average Bonchev–Trinajstić information content (AvgIpc) is 3.25. The highest BCUT2D eigenvalue weighted by atomic mass is 32.2. The number of rotatable bonds is 8. The Bertz CT molecular complexity index is 1290. The molecule has 3 rings (SSSR count). The number of para-hydroxylation sites is 2. The average molecular weight is 459 g/mol. The fourth-order valence-electron chi connectivity index (χ4n) is 2.69. The van der Waals surface area contributed by atoms with E-state index in [1.165, 1.54) is 31.2 Å². The molecule has 0 radical (unpaired) electrons. The minimum Gasteiger partial charge on any atom is -0.451 e. The van der Waals surface area contributed by atoms with Gasteiger partial charge in [-0.15, -0.1) is 0 Å². The third kappa shape index (κ3) is 5.38. The number of benzene rings is 2. The third-order valence-corrected chi connectivity index (χ3v) is 5.56. The van der Waals surface area contributed by atoms with E-state index in [0.29, 0.717) is 5.56 Å². The summed E-state index contributed by atoms with van der Waals surface area (Å²) in [5, 5.41) is 2.47. The molecule has 0 bridgehead atoms. The maximum absolute atomic E-state index is 13.7. The maximum Gasteiger partial charge on any atom is 0.355 e. The molecule has 166 valence electrons. The molecule has 0 aliphatic rings. The van der Waals surface area contributed by atoms with E-state index in [-0.39, 0.29) is 27.7 Å². The van der Waals surface area contributed by atoms with Crippen molar-refractivity contribution < 1.29 is 31.9 Å². The lowest BCUT2D eigenvalue weighted by atomic mass is 10.1. The highest BCUT2D eigenvalue weighted by Crippen LogP contribution is 2.20. The largest absolute Gasteiger partial charge is 0.451 e. The Morgan fingerprint density at radius 2 is 1.69 bits per heavy atom. The Morgan fingerprint density at radius 3 is 2.38 bits per heavy atom. The van der Waals surface area contributed by atoms with Crippen LogP contribution in [0.3, 0.4) is 0 Å². The Balaban J connectivity index is 1.62. The molecule has 2 aromatic carbocycles. The first-order valence-electron chi connectivity index (χ1n) is 9.20. The van der Waals surface area contributed by atoms with Gasteiger partial charge in [-0.1, -0.05) is 24.3 Å². The lowest BCUT2D eigenvalue weighted by Crippen LogP contribution is -2.22. The SMILES string of the molecule is CC(=O)c1ccccc1NC(=O)COC(=O)c1cc(S(=O)(=O)Nc2ccccc2F)c[nH]1. The summed E-state index contributed by atoms with van der Waals surface area (Å²) >= 11 is 0. The van der Waals surface area contributed by atoms with Crippen LogP contribution in [0.2, 0.25) is 0 Å². The van der Waals surface area contributed by atoms with Crippen LogP contribution in [0, 0.1) is 5.82 Å². The zero-order valence-corrected chi connectivity index (χ0v) is 17.5. The van der Waals surface area contributed by atoms with Gasteiger partial charge in [-0.3, -0.25) is 14.3 Å². The number of ketones is 1. The minimum absolute atomic E-state index is 0.226. The molecule has 1 amide bonds. The lowest BCUT2D eigenvalue weighted by molar-refractivity contribution is -0.119. The summed E-state index contributed by atoms with van der Waals surface area (Å²) in [7, 11) is -4.17. The molecule has 9 nitrogen and oxygen atoms in total. The first-order chi connectivity index (χ1) is 15.2. The molecule has 3 N–H and O–H groups in total. The first kappa shape index (κ1) is 22.7. The van der Waals surface area contributed by atoms with E-state index in [2.05, 4.69) is 15.0 Å². The molecule has 11 heteroatoms. The van der Waals surface area contributed by atoms with Gasteiger partial charge in [-0.05, 0) is 37.3 Å². The normalized spacial score (nSPS) is 10.9. The van der Waals surface area contributed by atoms with Gasteiger partial charge in [-0.2, -0.15) is 0 Å². The van der Waals surface area contributed by atoms with Crippen LogP contribution in [-0.4, -0.2) is 37.7 Å². The fraction of sp³-hybridized carbons (Fsp3) is 0.0952. The quantitative estimate of drug-likeness (QED) is 0.350. The van der Waals surface area contributed by atoms with Crippen molar-refractivity contribution in [3.63, 3.8) is 0 Å². The summed E-state index contributed by atoms with van der Waals surface area (Å²) in [6.07, 6.45) is 1.03. The van der Waals surface area contributed by atoms with Gasteiger partial charge in [0.2, 0.25) is 0 Å². The molecule has 0 atom stereocenters. The Hall–Kier alpha value is -3.99. The molecule has 1 heterocycles. The van der Waals surface area contributed by atoms with E-state index in [1.54, 1.807) is 18.2 Å². The topological polar surface area (TPSA) is 134 Å². The molecule has 0 spiro atoms. The maximum atomic E-state index is 13.7. The molecule has 3 aromatic rings. The van der Waals surface area contributed by atoms with Crippen molar-refractivity contribution in [3.05, 3.63) is 77.9 Å². The predicted molar refractivity (Wildman–Crippen MR) is 113 cm³/mol. The predicted octanol–water partition coefficient (Wildman–Crippen LogP) is 2.95. The molecule has 0 aliphatic heterocycles. The van der Waals surface area contributed by atoms with Gasteiger partial charge in [0.1, 0.15) is 16.4 Å². The summed E-state index contributed by atoms with van der Waals surface area (Å²) in [5.74, 6) is -2.68. The van der Waals surface area contributed by atoms with Crippen molar-refractivity contribution in [1.82, 2.24) is 4.98 Å². The smallest absolute Gasteiger partial charge is 0.355 e. The number of aromatic nitrogens is 1. The number of Topliss-reactive ketones (excluding diaryl/α,β-unsaturated/α-hetero) is 1. The van der Waals surface area contributed by atoms with Gasteiger partial charge in [-0.25, -0.2) is 17.6 Å². The third-order valence-electron chi connectivity index (χ3n) is 4.22. The zero-order valence-electron chi connectivity index (χ0n) is 16.7. The van der Waals surface area contributed by atoms with Gasteiger partial charge in [0.15, 0.2) is 12.4 Å². The number of sulfonamides is 1. The molecule has 0 unspecified atom stereocenters. The fourth-order valence-corrected chi connectivity index (χ4v) is 3.75. The van der Waals surface area contributed by atoms with Crippen molar-refractivity contribution in [2.24, 2.45) is 0 Å². The Kier molecular flexibility index (Phi) is 6.69. The first-order valence-corrected chi connectivity index (χ1v) is 10.7. The lowest BCUT2D eigenvalue weighted by Gasteiger charge is -2.09. The number of carbonyl (C=O) groups excluding carboxylic acids is 3. The van der Waals surface area contributed by atoms with E-state index >= 15 is 0 Å². The molecule has 32 heavy (non-hydrogen) atoms. The second kappa shape index (κ2) is 9.43. The minimum atomic E-state index is -4.17. The summed E-state index contributed by atoms with van der Waals surface area (Å²) in [4.78, 5) is 38.0. The number of hydrogen-bond acceptors (Lipinski definition) is 6. The van der Waals surface area contributed by atoms with Gasteiger partial charge in [0.25, 0.3) is 15.9 Å². The van der Waals surface area contributed by atoms with Crippen LogP contribution in [0.1, 0.15) is 27.8 Å². The van der Waals surface area contributed by atoms with Gasteiger partial charge in [0.05, 0.1) is 11.4 Å². The van der Waals surface area contributed by atoms with Crippen molar-refractivity contribution >= 4 is 39.1 Å². The number of aromatic amines is 1. The molecule has 0 saturated heterocycles. The second-order valence-corrected chi connectivity index (χ2v) is 8.24. The van der Waals surface area contributed by atoms with Crippen molar-refractivity contribution in [1.29, 1.82) is 0 Å². The van der Waals surface area contributed by atoms with Gasteiger partial charge in [0, 0.05) is 11.8 Å². The van der Waals surface area contributed by atoms with Crippen LogP contribution < -0.4 is 10.0 Å². The van der Waals surface area contributed by atoms with Crippen molar-refractivity contribution in [3.8, 4) is 0 Å². The number of amides is 1. The van der Waals surface area contributed by atoms with E-state index < -0.39 is 34.3 Å². The molecular weight excluding hydrogens is 441 g/mol. The molecule has 0 aliphatic carbocycles. The zero-order chi connectivity index (χ0) is 23.3. The standard InChI is InChI=1S/C21H18FN3O6S/c1-13(26)15-6-2-4-8-17(15)24-20(27)12-31-21(28)19-10-14(11-23-19)32(29,30)25-18-9-5-3-7-16(18)22/h2-11,23,25H,12H2,1H3,(H,24,27). The number of halogens is 1. The van der Waals surface area contributed by atoms with E-state index in [4.69, 9.17) is 4.74 Å². The van der Waals surface area contributed by atoms with E-state index in [1.807, 2.05) is 0 Å². The van der Waals surface area contributed by atoms with E-state index in [9.17, 15) is 27.2 Å². The number of hydrogen-bond donors (Lipinski definition) is 3. The molecule has 0 fully saturated rings. The number of H-pyrrole nitrogens is 1. The second-order valence-electron chi connectivity index (χ2n) is 6.56. The Labute approximate surface area is 182 Å². The highest BCUT2D eigenvalue weighted by molar-refractivity contribution is 7.92. The van der Waals surface area contributed by atoms with Gasteiger partial charge >= 0.3 is 5.97 Å². The number of ether oxygens (including phenoxy) is 1. The van der Waals surface area contributed by atoms with Crippen molar-refractivity contribution in [2.45, 2.75) is 11.8 Å². The summed E-state index contributed by atoms with van der Waals surface area (Å²) in [6, 6.07) is 12.5. The van der Waals surface area contributed by atoms with Crippen LogP contribution in [0.5, 0.6) is 0 Å². The summed E-state index contributed by atoms with van der Waals surface area (Å²) in [6.45, 7) is 0.683. The molecule has 1 aromatic heterocycles. The molecular formula is C21H18FN3O6S. The monoisotopic (exact) mass is 459 g/mol. The highest BCUT2D eigenvalue weighted by Gasteiger charge is 2.21. The number of esters is 1. The van der Waals surface area contributed by atoms with Gasteiger partial charge < -0.3 is 15.0 Å². The van der Waals surface area contributed by atoms with E-state index in [0.717, 1.165) is 18.3 Å². The van der Waals surface area contributed by atoms with Crippen LogP contribution >= 0.6 is 0 Å². The summed E-state index contributed by atoms with van der Waals surface area (Å²) in [5.41, 5.74) is 0.0958. The van der Waals surface area contributed by atoms with Crippen LogP contribution in [0.15, 0.2) is 65.7 Å². The molecule has 0 saturated carbocycles. The number of anilines is 2. The number of nitrogens with one attached hydrogen (secondary N) is 3. The van der Waals surface area contributed by atoms with Crippen LogP contribution in [0.4, 0.5) is 15.8 Å². The van der Waals surface area contributed by atoms with Crippen LogP contribution in [-0.2, 0) is 19.6 Å². The van der Waals surface area contributed by atoms with Crippen LogP contribution in [0.25, 0.3) is 0 Å². The number of carbonyl (C=O) groups is 3.